The molecule has 8 heteroatoms. The molecule has 26 heavy (non-hydrogen) atoms. The number of amides is 2. The fourth-order valence-electron chi connectivity index (χ4n) is 2.13. The highest BCUT2D eigenvalue weighted by atomic mass is 35.5. The highest BCUT2D eigenvalue weighted by molar-refractivity contribution is 6.33. The van der Waals surface area contributed by atoms with Crippen molar-refractivity contribution in [1.29, 1.82) is 0 Å². The van der Waals surface area contributed by atoms with Crippen LogP contribution >= 0.6 is 11.6 Å². The molecular formula is C18H18ClF2N3O2. The van der Waals surface area contributed by atoms with Crippen molar-refractivity contribution >= 4 is 34.8 Å². The van der Waals surface area contributed by atoms with E-state index in [0.29, 0.717) is 5.69 Å². The predicted molar refractivity (Wildman–Crippen MR) is 97.2 cm³/mol. The molecule has 2 rings (SSSR count). The molecule has 1 atom stereocenters. The fourth-order valence-corrected chi connectivity index (χ4v) is 2.34. The quantitative estimate of drug-likeness (QED) is 0.804. The van der Waals surface area contributed by atoms with Gasteiger partial charge < -0.3 is 10.6 Å². The first-order chi connectivity index (χ1) is 12.3. The number of hydrogen-bond acceptors (Lipinski definition) is 3. The van der Waals surface area contributed by atoms with Crippen molar-refractivity contribution in [3.8, 4) is 0 Å². The Hall–Kier alpha value is -2.51. The Labute approximate surface area is 154 Å². The Morgan fingerprint density at radius 3 is 2.31 bits per heavy atom. The topological polar surface area (TPSA) is 61.4 Å². The summed E-state index contributed by atoms with van der Waals surface area (Å²) in [5, 5.41) is 5.30. The third kappa shape index (κ3) is 5.50. The molecule has 2 N–H and O–H groups in total. The van der Waals surface area contributed by atoms with E-state index in [4.69, 9.17) is 11.6 Å². The molecular weight excluding hydrogens is 364 g/mol. The van der Waals surface area contributed by atoms with Crippen LogP contribution in [0, 0.1) is 11.6 Å². The normalized spacial score (nSPS) is 11.9. The second-order valence-corrected chi connectivity index (χ2v) is 6.17. The highest BCUT2D eigenvalue weighted by Crippen LogP contribution is 2.22. The van der Waals surface area contributed by atoms with Crippen LogP contribution < -0.4 is 10.6 Å². The van der Waals surface area contributed by atoms with Crippen LogP contribution in [-0.2, 0) is 9.59 Å². The molecule has 2 aromatic rings. The number of benzene rings is 2. The molecule has 5 nitrogen and oxygen atoms in total. The summed E-state index contributed by atoms with van der Waals surface area (Å²) < 4.78 is 25.9. The first-order valence-corrected chi connectivity index (χ1v) is 8.15. The maximum absolute atomic E-state index is 13.0. The van der Waals surface area contributed by atoms with Crippen LogP contribution in [0.5, 0.6) is 0 Å². The van der Waals surface area contributed by atoms with Crippen molar-refractivity contribution in [3.05, 3.63) is 59.1 Å². The first kappa shape index (κ1) is 19.8. The standard InChI is InChI=1S/C18H18ClF2N3O2/c1-11(18(26)23-16-8-5-13(21)9-15(16)19)24(2)10-17(25)22-14-6-3-12(20)4-7-14/h3-9,11H,10H2,1-2H3,(H,22,25)(H,23,26)/t11-/m0/s1. The van der Waals surface area contributed by atoms with Crippen molar-refractivity contribution < 1.29 is 18.4 Å². The lowest BCUT2D eigenvalue weighted by Crippen LogP contribution is -2.43. The van der Waals surface area contributed by atoms with Gasteiger partial charge in [-0.1, -0.05) is 11.6 Å². The summed E-state index contributed by atoms with van der Waals surface area (Å²) in [4.78, 5) is 25.9. The highest BCUT2D eigenvalue weighted by Gasteiger charge is 2.21. The van der Waals surface area contributed by atoms with E-state index < -0.39 is 23.6 Å². The van der Waals surface area contributed by atoms with Gasteiger partial charge in [0.25, 0.3) is 0 Å². The molecule has 0 saturated heterocycles. The third-order valence-corrected chi connectivity index (χ3v) is 4.06. The maximum Gasteiger partial charge on any atom is 0.241 e. The molecule has 138 valence electrons. The number of carbonyl (C=O) groups excluding carboxylic acids is 2. The summed E-state index contributed by atoms with van der Waals surface area (Å²) in [6, 6.07) is 8.37. The number of carbonyl (C=O) groups is 2. The molecule has 0 aromatic heterocycles. The van der Waals surface area contributed by atoms with Crippen LogP contribution in [0.3, 0.4) is 0 Å². The van der Waals surface area contributed by atoms with Crippen molar-refractivity contribution in [1.82, 2.24) is 4.90 Å². The molecule has 0 radical (unpaired) electrons. The number of anilines is 2. The molecule has 2 aromatic carbocycles. The van der Waals surface area contributed by atoms with E-state index in [1.807, 2.05) is 0 Å². The van der Waals surface area contributed by atoms with Gasteiger partial charge in [0.2, 0.25) is 11.8 Å². The smallest absolute Gasteiger partial charge is 0.241 e. The molecule has 0 unspecified atom stereocenters. The monoisotopic (exact) mass is 381 g/mol. The summed E-state index contributed by atoms with van der Waals surface area (Å²) in [6.07, 6.45) is 0. The van der Waals surface area contributed by atoms with E-state index in [9.17, 15) is 18.4 Å². The van der Waals surface area contributed by atoms with Crippen LogP contribution in [0.25, 0.3) is 0 Å². The number of nitrogens with one attached hydrogen (secondary N) is 2. The Balaban J connectivity index is 1.90. The van der Waals surface area contributed by atoms with Crippen LogP contribution in [0.4, 0.5) is 20.2 Å². The Morgan fingerprint density at radius 1 is 1.08 bits per heavy atom. The van der Waals surface area contributed by atoms with Gasteiger partial charge in [-0.2, -0.15) is 0 Å². The number of likely N-dealkylation sites (N-methyl/N-ethyl adjacent to an activating group) is 1. The molecule has 0 aliphatic carbocycles. The summed E-state index contributed by atoms with van der Waals surface area (Å²) in [7, 11) is 1.61. The minimum absolute atomic E-state index is 0.0525. The second-order valence-electron chi connectivity index (χ2n) is 5.76. The van der Waals surface area contributed by atoms with E-state index in [1.54, 1.807) is 14.0 Å². The minimum atomic E-state index is -0.643. The van der Waals surface area contributed by atoms with E-state index in [1.165, 1.54) is 41.3 Å². The number of rotatable bonds is 6. The van der Waals surface area contributed by atoms with Gasteiger partial charge in [-0.25, -0.2) is 8.78 Å². The van der Waals surface area contributed by atoms with E-state index in [2.05, 4.69) is 10.6 Å². The van der Waals surface area contributed by atoms with Gasteiger partial charge in [-0.15, -0.1) is 0 Å². The lowest BCUT2D eigenvalue weighted by molar-refractivity contribution is -0.122. The van der Waals surface area contributed by atoms with Crippen LogP contribution in [0.1, 0.15) is 6.92 Å². The minimum Gasteiger partial charge on any atom is -0.325 e. The van der Waals surface area contributed by atoms with E-state index >= 15 is 0 Å². The largest absolute Gasteiger partial charge is 0.325 e. The summed E-state index contributed by atoms with van der Waals surface area (Å²) in [5.74, 6) is -1.64. The second kappa shape index (κ2) is 8.73. The number of halogens is 3. The zero-order valence-electron chi connectivity index (χ0n) is 14.2. The Kier molecular flexibility index (Phi) is 6.65. The van der Waals surface area contributed by atoms with E-state index in [-0.39, 0.29) is 23.2 Å². The van der Waals surface area contributed by atoms with Gasteiger partial charge in [0.05, 0.1) is 23.3 Å². The lowest BCUT2D eigenvalue weighted by Gasteiger charge is -2.23. The van der Waals surface area contributed by atoms with Crippen molar-refractivity contribution in [2.45, 2.75) is 13.0 Å². The van der Waals surface area contributed by atoms with Gasteiger partial charge in [-0.05, 0) is 56.4 Å². The van der Waals surface area contributed by atoms with Gasteiger partial charge in [-0.3, -0.25) is 14.5 Å². The van der Waals surface area contributed by atoms with Crippen molar-refractivity contribution in [2.75, 3.05) is 24.2 Å². The summed E-state index contributed by atoms with van der Waals surface area (Å²) >= 11 is 5.88. The average molecular weight is 382 g/mol. The molecule has 0 saturated carbocycles. The number of nitrogens with zero attached hydrogens (tertiary/aromatic N) is 1. The maximum atomic E-state index is 13.0. The first-order valence-electron chi connectivity index (χ1n) is 7.78. The van der Waals surface area contributed by atoms with Gasteiger partial charge in [0.1, 0.15) is 11.6 Å². The molecule has 0 fully saturated rings. The van der Waals surface area contributed by atoms with Crippen LogP contribution in [0.15, 0.2) is 42.5 Å². The SMILES string of the molecule is C[C@@H](C(=O)Nc1ccc(F)cc1Cl)N(C)CC(=O)Nc1ccc(F)cc1. The predicted octanol–water partition coefficient (Wildman–Crippen LogP) is 3.52. The van der Waals surface area contributed by atoms with Crippen molar-refractivity contribution in [3.63, 3.8) is 0 Å². The molecule has 0 heterocycles. The molecule has 0 bridgehead atoms. The molecule has 0 spiro atoms. The number of hydrogen-bond donors (Lipinski definition) is 2. The summed E-state index contributed by atoms with van der Waals surface area (Å²) in [6.45, 7) is 1.57. The van der Waals surface area contributed by atoms with Gasteiger partial charge in [0.15, 0.2) is 0 Å². The molecule has 0 aliphatic rings. The van der Waals surface area contributed by atoms with Crippen LogP contribution in [0.2, 0.25) is 5.02 Å². The molecule has 0 aliphatic heterocycles. The van der Waals surface area contributed by atoms with Crippen molar-refractivity contribution in [2.24, 2.45) is 0 Å². The average Bonchev–Trinajstić information content (AvgIpc) is 2.58. The van der Waals surface area contributed by atoms with E-state index in [0.717, 1.165) is 6.07 Å². The van der Waals surface area contributed by atoms with Gasteiger partial charge >= 0.3 is 0 Å². The lowest BCUT2D eigenvalue weighted by atomic mass is 10.2. The fraction of sp³-hybridized carbons (Fsp3) is 0.222. The van der Waals surface area contributed by atoms with Crippen LogP contribution in [-0.4, -0.2) is 36.3 Å². The Morgan fingerprint density at radius 2 is 1.69 bits per heavy atom. The molecule has 2 amide bonds. The van der Waals surface area contributed by atoms with Gasteiger partial charge in [0, 0.05) is 5.69 Å². The Bertz CT molecular complexity index is 800. The zero-order chi connectivity index (χ0) is 19.3. The summed E-state index contributed by atoms with van der Waals surface area (Å²) in [5.41, 5.74) is 0.745. The third-order valence-electron chi connectivity index (χ3n) is 3.75. The zero-order valence-corrected chi connectivity index (χ0v) is 15.0.